The Bertz CT molecular complexity index is 746. The number of phenolic OH excluding ortho intramolecular Hbond substituents is 1. The van der Waals surface area contributed by atoms with Gasteiger partial charge < -0.3 is 10.2 Å². The van der Waals surface area contributed by atoms with Crippen LogP contribution in [0.25, 0.3) is 0 Å². The molecule has 7 nitrogen and oxygen atoms in total. The number of aromatic hydroxyl groups is 1. The average molecular weight is 384 g/mol. The Labute approximate surface area is 155 Å². The molecule has 146 valence electrons. The monoisotopic (exact) mass is 384 g/mol. The molecule has 0 aliphatic carbocycles. The van der Waals surface area contributed by atoms with E-state index in [0.29, 0.717) is 0 Å². The second-order valence-electron chi connectivity index (χ2n) is 7.60. The predicted octanol–water partition coefficient (Wildman–Crippen LogP) is 2.08. The van der Waals surface area contributed by atoms with Crippen LogP contribution >= 0.6 is 0 Å². The van der Waals surface area contributed by atoms with Crippen molar-refractivity contribution in [2.24, 2.45) is 5.41 Å². The fourth-order valence-corrected chi connectivity index (χ4v) is 4.11. The quantitative estimate of drug-likeness (QED) is 0.565. The van der Waals surface area contributed by atoms with Crippen LogP contribution in [0.2, 0.25) is 0 Å². The maximum Gasteiger partial charge on any atom is 0.326 e. The Kier molecular flexibility index (Phi) is 6.52. The summed E-state index contributed by atoms with van der Waals surface area (Å²) in [4.78, 5) is 11.4. The summed E-state index contributed by atoms with van der Waals surface area (Å²) in [7, 11) is -3.92. The van der Waals surface area contributed by atoms with Crippen LogP contribution in [0.15, 0.2) is 18.2 Å². The predicted molar refractivity (Wildman–Crippen MR) is 100 cm³/mol. The smallest absolute Gasteiger partial charge is 0.326 e. The summed E-state index contributed by atoms with van der Waals surface area (Å²) in [5.41, 5.74) is 1.02. The van der Waals surface area contributed by atoms with Gasteiger partial charge in [-0.3, -0.25) is 4.79 Å². The van der Waals surface area contributed by atoms with Crippen LogP contribution in [0.3, 0.4) is 0 Å². The summed E-state index contributed by atoms with van der Waals surface area (Å²) >= 11 is 0. The summed E-state index contributed by atoms with van der Waals surface area (Å²) in [6.07, 6.45) is 5.89. The van der Waals surface area contributed by atoms with Gasteiger partial charge in [0.25, 0.3) is 5.91 Å². The molecular weight excluding hydrogens is 356 g/mol. The van der Waals surface area contributed by atoms with Gasteiger partial charge in [0.1, 0.15) is 12.3 Å². The van der Waals surface area contributed by atoms with Crippen molar-refractivity contribution in [2.75, 3.05) is 17.5 Å². The molecule has 1 heterocycles. The number of hydrogen-bond acceptors (Lipinski definition) is 5. The van der Waals surface area contributed by atoms with Crippen LogP contribution in [0.1, 0.15) is 51.5 Å². The number of benzene rings is 1. The molecule has 0 saturated carbocycles. The molecule has 0 radical (unpaired) electrons. The van der Waals surface area contributed by atoms with E-state index >= 15 is 0 Å². The standard InChI is InChI=1S/C18H28N2O5S/c1-18(2,13-21)10-6-4-3-5-7-14-8-9-16(22)15(11-14)20-12-17(23)19-26(20,24)25/h8-9,11,21-22H,3-7,10,12-13H2,1-2H3,(H,19,23). The molecule has 1 saturated heterocycles. The summed E-state index contributed by atoms with van der Waals surface area (Å²) in [5.74, 6) is -0.777. The van der Waals surface area contributed by atoms with Gasteiger partial charge in [-0.05, 0) is 42.4 Å². The highest BCUT2D eigenvalue weighted by atomic mass is 32.2. The number of phenols is 1. The first-order valence-corrected chi connectivity index (χ1v) is 10.3. The molecule has 26 heavy (non-hydrogen) atoms. The van der Waals surface area contributed by atoms with Crippen molar-refractivity contribution < 1.29 is 23.4 Å². The van der Waals surface area contributed by atoms with Gasteiger partial charge in [0.2, 0.25) is 0 Å². The molecule has 3 N–H and O–H groups in total. The molecule has 1 amide bonds. The number of unbranched alkanes of at least 4 members (excludes halogenated alkanes) is 3. The molecule has 0 aromatic heterocycles. The lowest BCUT2D eigenvalue weighted by atomic mass is 9.88. The second-order valence-corrected chi connectivity index (χ2v) is 9.19. The normalized spacial score (nSPS) is 16.7. The van der Waals surface area contributed by atoms with Crippen molar-refractivity contribution >= 4 is 21.8 Å². The average Bonchev–Trinajstić information content (AvgIpc) is 2.84. The van der Waals surface area contributed by atoms with Crippen LogP contribution in [-0.2, 0) is 21.4 Å². The third-order valence-electron chi connectivity index (χ3n) is 4.63. The number of amides is 1. The van der Waals surface area contributed by atoms with Crippen LogP contribution < -0.4 is 9.03 Å². The number of nitrogens with zero attached hydrogens (tertiary/aromatic N) is 1. The Balaban J connectivity index is 1.89. The third kappa shape index (κ3) is 5.35. The largest absolute Gasteiger partial charge is 0.506 e. The third-order valence-corrected chi connectivity index (χ3v) is 6.02. The van der Waals surface area contributed by atoms with Crippen molar-refractivity contribution in [3.05, 3.63) is 23.8 Å². The Morgan fingerprint density at radius 2 is 1.88 bits per heavy atom. The van der Waals surface area contributed by atoms with Gasteiger partial charge in [-0.25, -0.2) is 9.03 Å². The number of rotatable bonds is 9. The summed E-state index contributed by atoms with van der Waals surface area (Å²) in [6, 6.07) is 4.86. The van der Waals surface area contributed by atoms with E-state index in [-0.39, 0.29) is 30.0 Å². The van der Waals surface area contributed by atoms with E-state index in [4.69, 9.17) is 0 Å². The van der Waals surface area contributed by atoms with E-state index in [1.807, 2.05) is 4.72 Å². The molecule has 1 fully saturated rings. The van der Waals surface area contributed by atoms with Crippen LogP contribution in [0, 0.1) is 5.41 Å². The highest BCUT2D eigenvalue weighted by molar-refractivity contribution is 7.92. The van der Waals surface area contributed by atoms with E-state index in [9.17, 15) is 23.4 Å². The molecule has 1 aliphatic rings. The summed E-state index contributed by atoms with van der Waals surface area (Å²) < 4.78 is 26.7. The number of carbonyl (C=O) groups is 1. The first kappa shape index (κ1) is 20.5. The van der Waals surface area contributed by atoms with E-state index in [1.165, 1.54) is 6.07 Å². The fraction of sp³-hybridized carbons (Fsp3) is 0.611. The van der Waals surface area contributed by atoms with E-state index < -0.39 is 16.1 Å². The number of hydrogen-bond donors (Lipinski definition) is 3. The van der Waals surface area contributed by atoms with E-state index in [1.54, 1.807) is 12.1 Å². The highest BCUT2D eigenvalue weighted by Crippen LogP contribution is 2.32. The lowest BCUT2D eigenvalue weighted by molar-refractivity contribution is -0.117. The molecule has 0 atom stereocenters. The number of anilines is 1. The first-order chi connectivity index (χ1) is 12.1. The van der Waals surface area contributed by atoms with Gasteiger partial charge in [0.15, 0.2) is 0 Å². The van der Waals surface area contributed by atoms with Crippen molar-refractivity contribution in [3.63, 3.8) is 0 Å². The minimum atomic E-state index is -3.92. The summed E-state index contributed by atoms with van der Waals surface area (Å²) in [5, 5.41) is 19.2. The number of aliphatic hydroxyl groups excluding tert-OH is 1. The van der Waals surface area contributed by atoms with E-state index in [2.05, 4.69) is 13.8 Å². The Hall–Kier alpha value is -1.80. The van der Waals surface area contributed by atoms with Gasteiger partial charge in [-0.2, -0.15) is 8.42 Å². The molecule has 1 aromatic rings. The minimum absolute atomic E-state index is 0.0292. The van der Waals surface area contributed by atoms with Gasteiger partial charge in [0, 0.05) is 6.61 Å². The number of aliphatic hydroxyl groups is 1. The molecule has 0 bridgehead atoms. The zero-order chi connectivity index (χ0) is 19.4. The molecule has 0 unspecified atom stereocenters. The molecule has 0 spiro atoms. The van der Waals surface area contributed by atoms with Crippen LogP contribution in [0.4, 0.5) is 5.69 Å². The molecule has 2 rings (SSSR count). The van der Waals surface area contributed by atoms with Crippen molar-refractivity contribution in [1.29, 1.82) is 0 Å². The van der Waals surface area contributed by atoms with Gasteiger partial charge >= 0.3 is 10.2 Å². The maximum absolute atomic E-state index is 11.9. The topological polar surface area (TPSA) is 107 Å². The SMILES string of the molecule is CC(C)(CO)CCCCCCc1ccc(O)c(N2CC(=O)NS2(=O)=O)c1. The van der Waals surface area contributed by atoms with Crippen molar-refractivity contribution in [1.82, 2.24) is 4.72 Å². The molecular formula is C18H28N2O5S. The van der Waals surface area contributed by atoms with Crippen molar-refractivity contribution in [3.8, 4) is 5.75 Å². The number of aryl methyl sites for hydroxylation is 1. The van der Waals surface area contributed by atoms with Gasteiger partial charge in [-0.15, -0.1) is 0 Å². The zero-order valence-electron chi connectivity index (χ0n) is 15.4. The fourth-order valence-electron chi connectivity index (χ4n) is 2.95. The molecule has 1 aliphatic heterocycles. The van der Waals surface area contributed by atoms with Gasteiger partial charge in [0.05, 0.1) is 5.69 Å². The molecule has 1 aromatic carbocycles. The second kappa shape index (κ2) is 8.26. The minimum Gasteiger partial charge on any atom is -0.506 e. The lowest BCUT2D eigenvalue weighted by Crippen LogP contribution is -2.29. The molecule has 8 heteroatoms. The highest BCUT2D eigenvalue weighted by Gasteiger charge is 2.35. The number of nitrogens with one attached hydrogen (secondary N) is 1. The lowest BCUT2D eigenvalue weighted by Gasteiger charge is -2.21. The summed E-state index contributed by atoms with van der Waals surface area (Å²) in [6.45, 7) is 3.98. The van der Waals surface area contributed by atoms with Crippen molar-refractivity contribution in [2.45, 2.75) is 52.4 Å². The van der Waals surface area contributed by atoms with Gasteiger partial charge in [-0.1, -0.05) is 39.2 Å². The zero-order valence-corrected chi connectivity index (χ0v) is 16.2. The number of carbonyl (C=O) groups excluding carboxylic acids is 1. The van der Waals surface area contributed by atoms with Crippen LogP contribution in [0.5, 0.6) is 5.75 Å². The Morgan fingerprint density at radius 3 is 2.50 bits per heavy atom. The first-order valence-electron chi connectivity index (χ1n) is 8.91. The Morgan fingerprint density at radius 1 is 1.19 bits per heavy atom. The van der Waals surface area contributed by atoms with Crippen LogP contribution in [-0.4, -0.2) is 37.7 Å². The van der Waals surface area contributed by atoms with E-state index in [0.717, 1.165) is 48.4 Å². The maximum atomic E-state index is 11.9.